The molecule has 0 atom stereocenters. The number of carbonyl (C=O) groups excluding carboxylic acids is 1. The van der Waals surface area contributed by atoms with Crippen LogP contribution in [0, 0.1) is 0 Å². The summed E-state index contributed by atoms with van der Waals surface area (Å²) in [6.07, 6.45) is 0. The molecule has 4 nitrogen and oxygen atoms in total. The highest BCUT2D eigenvalue weighted by molar-refractivity contribution is 9.10. The summed E-state index contributed by atoms with van der Waals surface area (Å²) in [7, 11) is 0. The molecule has 0 saturated heterocycles. The van der Waals surface area contributed by atoms with Gasteiger partial charge >= 0.3 is 0 Å². The standard InChI is InChI=1S/C14H12BrNO3/c15-10-5-7-11(8-6-10)16-14(18)9-19-13-4-2-1-3-12(13)17/h1-8,17H,9H2,(H,16,18). The van der Waals surface area contributed by atoms with E-state index in [0.717, 1.165) is 4.47 Å². The number of phenolic OH excluding ortho intramolecular Hbond substituents is 1. The lowest BCUT2D eigenvalue weighted by Crippen LogP contribution is -2.20. The quantitative estimate of drug-likeness (QED) is 0.909. The first-order valence-corrected chi connectivity index (χ1v) is 6.40. The third kappa shape index (κ3) is 3.99. The van der Waals surface area contributed by atoms with Crippen LogP contribution < -0.4 is 10.1 Å². The predicted molar refractivity (Wildman–Crippen MR) is 76.4 cm³/mol. The molecule has 0 aliphatic rings. The normalized spacial score (nSPS) is 9.95. The maximum Gasteiger partial charge on any atom is 0.262 e. The number of nitrogens with one attached hydrogen (secondary N) is 1. The fourth-order valence-electron chi connectivity index (χ4n) is 1.45. The molecule has 19 heavy (non-hydrogen) atoms. The Morgan fingerprint density at radius 3 is 2.53 bits per heavy atom. The van der Waals surface area contributed by atoms with Crippen LogP contribution >= 0.6 is 15.9 Å². The molecule has 0 aromatic heterocycles. The van der Waals surface area contributed by atoms with Gasteiger partial charge in [0.1, 0.15) is 0 Å². The lowest BCUT2D eigenvalue weighted by molar-refractivity contribution is -0.118. The minimum absolute atomic E-state index is 0.0129. The van der Waals surface area contributed by atoms with Crippen LogP contribution in [0.15, 0.2) is 53.0 Å². The van der Waals surface area contributed by atoms with Crippen molar-refractivity contribution in [3.8, 4) is 11.5 Å². The van der Waals surface area contributed by atoms with Crippen molar-refractivity contribution in [1.82, 2.24) is 0 Å². The average molecular weight is 322 g/mol. The van der Waals surface area contributed by atoms with Gasteiger partial charge in [0.2, 0.25) is 0 Å². The smallest absolute Gasteiger partial charge is 0.262 e. The predicted octanol–water partition coefficient (Wildman–Crippen LogP) is 3.17. The summed E-state index contributed by atoms with van der Waals surface area (Å²) >= 11 is 3.32. The molecule has 0 fully saturated rings. The van der Waals surface area contributed by atoms with Gasteiger partial charge in [-0.05, 0) is 36.4 Å². The number of benzene rings is 2. The molecule has 5 heteroatoms. The fraction of sp³-hybridized carbons (Fsp3) is 0.0714. The fourth-order valence-corrected chi connectivity index (χ4v) is 1.72. The molecule has 0 aliphatic heterocycles. The van der Waals surface area contributed by atoms with E-state index in [-0.39, 0.29) is 24.0 Å². The number of amides is 1. The van der Waals surface area contributed by atoms with E-state index in [1.807, 2.05) is 12.1 Å². The number of hydrogen-bond acceptors (Lipinski definition) is 3. The molecule has 0 radical (unpaired) electrons. The minimum Gasteiger partial charge on any atom is -0.504 e. The Kier molecular flexibility index (Phi) is 4.41. The van der Waals surface area contributed by atoms with Gasteiger partial charge in [0.25, 0.3) is 5.91 Å². The Bertz CT molecular complexity index is 569. The number of hydrogen-bond donors (Lipinski definition) is 2. The summed E-state index contributed by atoms with van der Waals surface area (Å²) in [6, 6.07) is 13.7. The van der Waals surface area contributed by atoms with Gasteiger partial charge in [-0.15, -0.1) is 0 Å². The largest absolute Gasteiger partial charge is 0.504 e. The molecular formula is C14H12BrNO3. The number of aromatic hydroxyl groups is 1. The number of carbonyl (C=O) groups is 1. The SMILES string of the molecule is O=C(COc1ccccc1O)Nc1ccc(Br)cc1. The van der Waals surface area contributed by atoms with E-state index < -0.39 is 0 Å². The number of halogens is 1. The molecule has 0 spiro atoms. The molecule has 0 heterocycles. The van der Waals surface area contributed by atoms with E-state index in [1.165, 1.54) is 6.07 Å². The molecule has 2 aromatic carbocycles. The highest BCUT2D eigenvalue weighted by Gasteiger charge is 2.06. The van der Waals surface area contributed by atoms with Gasteiger partial charge in [-0.1, -0.05) is 28.1 Å². The molecular weight excluding hydrogens is 310 g/mol. The van der Waals surface area contributed by atoms with Crippen LogP contribution in [0.25, 0.3) is 0 Å². The van der Waals surface area contributed by atoms with E-state index in [2.05, 4.69) is 21.2 Å². The number of para-hydroxylation sites is 2. The Hall–Kier alpha value is -2.01. The molecule has 0 aliphatic carbocycles. The zero-order chi connectivity index (χ0) is 13.7. The summed E-state index contributed by atoms with van der Waals surface area (Å²) < 4.78 is 6.16. The van der Waals surface area contributed by atoms with E-state index >= 15 is 0 Å². The van der Waals surface area contributed by atoms with Crippen LogP contribution in [0.4, 0.5) is 5.69 Å². The summed E-state index contributed by atoms with van der Waals surface area (Å²) in [6.45, 7) is -0.159. The topological polar surface area (TPSA) is 58.6 Å². The second-order valence-corrected chi connectivity index (χ2v) is 4.73. The summed E-state index contributed by atoms with van der Waals surface area (Å²) in [5, 5.41) is 12.2. The molecule has 2 N–H and O–H groups in total. The van der Waals surface area contributed by atoms with Crippen LogP contribution in [0.3, 0.4) is 0 Å². The average Bonchev–Trinajstić information content (AvgIpc) is 2.40. The number of rotatable bonds is 4. The Morgan fingerprint density at radius 1 is 1.16 bits per heavy atom. The van der Waals surface area contributed by atoms with Gasteiger partial charge in [-0.3, -0.25) is 4.79 Å². The summed E-state index contributed by atoms with van der Waals surface area (Å²) in [4.78, 5) is 11.7. The third-order valence-corrected chi connectivity index (χ3v) is 2.88. The number of anilines is 1. The van der Waals surface area contributed by atoms with E-state index in [9.17, 15) is 9.90 Å². The monoisotopic (exact) mass is 321 g/mol. The highest BCUT2D eigenvalue weighted by atomic mass is 79.9. The van der Waals surface area contributed by atoms with Crippen LogP contribution in [0.1, 0.15) is 0 Å². The van der Waals surface area contributed by atoms with Crippen molar-refractivity contribution < 1.29 is 14.6 Å². The van der Waals surface area contributed by atoms with Gasteiger partial charge in [0.05, 0.1) is 0 Å². The van der Waals surface area contributed by atoms with Crippen molar-refractivity contribution in [2.24, 2.45) is 0 Å². The lowest BCUT2D eigenvalue weighted by Gasteiger charge is -2.08. The molecule has 2 aromatic rings. The number of ether oxygens (including phenoxy) is 1. The first-order valence-electron chi connectivity index (χ1n) is 5.61. The van der Waals surface area contributed by atoms with E-state index in [1.54, 1.807) is 30.3 Å². The molecule has 2 rings (SSSR count). The third-order valence-electron chi connectivity index (χ3n) is 2.35. The first-order chi connectivity index (χ1) is 9.15. The van der Waals surface area contributed by atoms with E-state index in [0.29, 0.717) is 5.69 Å². The van der Waals surface area contributed by atoms with Gasteiger partial charge in [-0.2, -0.15) is 0 Å². The van der Waals surface area contributed by atoms with Crippen molar-refractivity contribution in [3.05, 3.63) is 53.0 Å². The molecule has 1 amide bonds. The van der Waals surface area contributed by atoms with Crippen molar-refractivity contribution in [1.29, 1.82) is 0 Å². The summed E-state index contributed by atoms with van der Waals surface area (Å²) in [5.41, 5.74) is 0.689. The van der Waals surface area contributed by atoms with Crippen molar-refractivity contribution in [2.45, 2.75) is 0 Å². The Balaban J connectivity index is 1.88. The van der Waals surface area contributed by atoms with Crippen LogP contribution in [-0.4, -0.2) is 17.6 Å². The zero-order valence-electron chi connectivity index (χ0n) is 9.97. The first kappa shape index (κ1) is 13.4. The highest BCUT2D eigenvalue weighted by Crippen LogP contribution is 2.24. The maximum absolute atomic E-state index is 11.7. The van der Waals surface area contributed by atoms with Gasteiger partial charge in [-0.25, -0.2) is 0 Å². The van der Waals surface area contributed by atoms with Gasteiger partial charge in [0.15, 0.2) is 18.1 Å². The lowest BCUT2D eigenvalue weighted by atomic mass is 10.3. The molecule has 0 bridgehead atoms. The number of phenols is 1. The summed E-state index contributed by atoms with van der Waals surface area (Å²) in [5.74, 6) is 0.0120. The van der Waals surface area contributed by atoms with Gasteiger partial charge in [0, 0.05) is 10.2 Å². The minimum atomic E-state index is -0.287. The zero-order valence-corrected chi connectivity index (χ0v) is 11.6. The van der Waals surface area contributed by atoms with Crippen LogP contribution in [-0.2, 0) is 4.79 Å². The van der Waals surface area contributed by atoms with E-state index in [4.69, 9.17) is 4.74 Å². The Labute approximate surface area is 119 Å². The molecule has 0 unspecified atom stereocenters. The van der Waals surface area contributed by atoms with Crippen molar-refractivity contribution in [2.75, 3.05) is 11.9 Å². The van der Waals surface area contributed by atoms with Crippen molar-refractivity contribution in [3.63, 3.8) is 0 Å². The second-order valence-electron chi connectivity index (χ2n) is 3.81. The van der Waals surface area contributed by atoms with Crippen molar-refractivity contribution >= 4 is 27.5 Å². The molecule has 98 valence electrons. The molecule has 0 saturated carbocycles. The second kappa shape index (κ2) is 6.24. The van der Waals surface area contributed by atoms with Crippen LogP contribution in [0.5, 0.6) is 11.5 Å². The van der Waals surface area contributed by atoms with Crippen LogP contribution in [0.2, 0.25) is 0 Å². The van der Waals surface area contributed by atoms with Gasteiger partial charge < -0.3 is 15.2 Å². The Morgan fingerprint density at radius 2 is 1.84 bits per heavy atom. The maximum atomic E-state index is 11.7.